The van der Waals surface area contributed by atoms with Crippen LogP contribution in [0.25, 0.3) is 0 Å². The van der Waals surface area contributed by atoms with Gasteiger partial charge >= 0.3 is 0 Å². The maximum atomic E-state index is 0. The van der Waals surface area contributed by atoms with Gasteiger partial charge in [0.05, 0.1) is 0 Å². The molecule has 0 unspecified atom stereocenters. The van der Waals surface area contributed by atoms with Crippen LogP contribution in [0.2, 0.25) is 0 Å². The van der Waals surface area contributed by atoms with Crippen molar-refractivity contribution in [3.05, 3.63) is 0 Å². The van der Waals surface area contributed by atoms with Crippen molar-refractivity contribution in [3.63, 3.8) is 0 Å². The topological polar surface area (TPSA) is 189 Å². The Bertz CT molecular complexity index is 10.9. The van der Waals surface area contributed by atoms with Gasteiger partial charge in [-0.25, -0.2) is 0 Å². The van der Waals surface area contributed by atoms with Crippen LogP contribution in [0.1, 0.15) is 0 Å². The Morgan fingerprint density at radius 1 is 0.182 bits per heavy atom. The molecule has 5 radical (unpaired) electrons. The van der Waals surface area contributed by atoms with E-state index in [0.29, 0.717) is 0 Å². The Morgan fingerprint density at radius 2 is 0.182 bits per heavy atom. The van der Waals surface area contributed by atoms with Crippen LogP contribution in [0.5, 0.6) is 0 Å². The minimum Gasteiger partial charge on any atom is -0.412 e. The maximum absolute atomic E-state index is 0. The fourth-order valence-electron chi connectivity index (χ4n) is 0. The Kier molecular flexibility index (Phi) is 1700. The smallest absolute Gasteiger partial charge is 0 e. The Morgan fingerprint density at radius 3 is 0.182 bits per heavy atom. The molecule has 53 valence electrons. The van der Waals surface area contributed by atoms with E-state index in [1.165, 1.54) is 0 Å². The molecule has 0 aliphatic heterocycles. The SMILES string of the molecule is O.O.O.O.O.O.[Na].[Na].[Na].[Na].[Na]. The van der Waals surface area contributed by atoms with Gasteiger partial charge in [0.2, 0.25) is 0 Å². The number of hydrogen-bond donors (Lipinski definition) is 0. The third kappa shape index (κ3) is 106. The molecule has 0 spiro atoms. The Balaban J connectivity index is 0. The number of hydrogen-bond acceptors (Lipinski definition) is 0. The third-order valence-corrected chi connectivity index (χ3v) is 0. The van der Waals surface area contributed by atoms with Crippen molar-refractivity contribution in [2.24, 2.45) is 0 Å². The zero-order chi connectivity index (χ0) is 0. The van der Waals surface area contributed by atoms with Crippen molar-refractivity contribution in [1.82, 2.24) is 0 Å². The molecule has 0 amide bonds. The van der Waals surface area contributed by atoms with Crippen LogP contribution in [-0.2, 0) is 0 Å². The van der Waals surface area contributed by atoms with E-state index >= 15 is 0 Å². The summed E-state index contributed by atoms with van der Waals surface area (Å²) in [4.78, 5) is 0. The molecule has 0 aromatic heterocycles. The average molecular weight is 223 g/mol. The summed E-state index contributed by atoms with van der Waals surface area (Å²) >= 11 is 0. The first-order chi connectivity index (χ1) is 0. The van der Waals surface area contributed by atoms with Crippen LogP contribution < -0.4 is 0 Å². The van der Waals surface area contributed by atoms with Crippen LogP contribution in [0, 0.1) is 0 Å². The molecule has 6 nitrogen and oxygen atoms in total. The van der Waals surface area contributed by atoms with Gasteiger partial charge < -0.3 is 32.9 Å². The molecular formula is H12Na5O6. The molecule has 0 aliphatic rings. The fourth-order valence-corrected chi connectivity index (χ4v) is 0. The first-order valence-electron chi connectivity index (χ1n) is 0. The molecule has 0 heterocycles. The van der Waals surface area contributed by atoms with Crippen molar-refractivity contribution in [2.45, 2.75) is 0 Å². The maximum Gasteiger partial charge on any atom is 0 e. The average Bonchev–Trinajstić information content (AvgIpc) is 0. The largest absolute Gasteiger partial charge is 0.412 e. The van der Waals surface area contributed by atoms with E-state index in [9.17, 15) is 0 Å². The molecule has 11 heteroatoms. The van der Waals surface area contributed by atoms with Gasteiger partial charge in [0.1, 0.15) is 0 Å². The van der Waals surface area contributed by atoms with E-state index in [-0.39, 0.29) is 181 Å². The molecule has 0 aromatic carbocycles. The van der Waals surface area contributed by atoms with Crippen LogP contribution in [0.4, 0.5) is 0 Å². The zero-order valence-corrected chi connectivity index (χ0v) is 18.0. The van der Waals surface area contributed by atoms with E-state index < -0.39 is 0 Å². The van der Waals surface area contributed by atoms with Crippen LogP contribution >= 0.6 is 0 Å². The Hall–Kier alpha value is 4.76. The second kappa shape index (κ2) is 123. The summed E-state index contributed by atoms with van der Waals surface area (Å²) in [6.45, 7) is 0. The van der Waals surface area contributed by atoms with Crippen molar-refractivity contribution in [3.8, 4) is 0 Å². The monoisotopic (exact) mass is 223 g/mol. The molecule has 12 N–H and O–H groups in total. The zero-order valence-electron chi connectivity index (χ0n) is 8.00. The summed E-state index contributed by atoms with van der Waals surface area (Å²) in [5, 5.41) is 0. The van der Waals surface area contributed by atoms with Crippen molar-refractivity contribution in [1.29, 1.82) is 0 Å². The van der Waals surface area contributed by atoms with Crippen LogP contribution in [-0.4, -0.2) is 181 Å². The molecular weight excluding hydrogens is 211 g/mol. The second-order valence-electron chi connectivity index (χ2n) is 0. The van der Waals surface area contributed by atoms with Crippen molar-refractivity contribution < 1.29 is 32.9 Å². The Labute approximate surface area is 176 Å². The second-order valence-corrected chi connectivity index (χ2v) is 0. The van der Waals surface area contributed by atoms with Gasteiger partial charge in [-0.2, -0.15) is 0 Å². The van der Waals surface area contributed by atoms with E-state index in [0.717, 1.165) is 0 Å². The van der Waals surface area contributed by atoms with Gasteiger partial charge in [-0.15, -0.1) is 0 Å². The molecule has 0 saturated heterocycles. The first-order valence-corrected chi connectivity index (χ1v) is 0. The first kappa shape index (κ1) is 152. The van der Waals surface area contributed by atoms with Gasteiger partial charge in [0, 0.05) is 148 Å². The molecule has 0 bridgehead atoms. The van der Waals surface area contributed by atoms with Gasteiger partial charge in [-0.3, -0.25) is 0 Å². The summed E-state index contributed by atoms with van der Waals surface area (Å²) < 4.78 is 0. The predicted octanol–water partition coefficient (Wildman–Crippen LogP) is -6.85. The number of rotatable bonds is 0. The third-order valence-electron chi connectivity index (χ3n) is 0. The van der Waals surface area contributed by atoms with E-state index in [2.05, 4.69) is 0 Å². The van der Waals surface area contributed by atoms with Gasteiger partial charge in [0.25, 0.3) is 0 Å². The molecule has 0 atom stereocenters. The van der Waals surface area contributed by atoms with Gasteiger partial charge in [-0.05, 0) is 0 Å². The van der Waals surface area contributed by atoms with E-state index in [1.807, 2.05) is 0 Å². The minimum absolute atomic E-state index is 0. The molecule has 0 aliphatic carbocycles. The summed E-state index contributed by atoms with van der Waals surface area (Å²) in [6.07, 6.45) is 0. The normalized spacial score (nSPS) is 0. The summed E-state index contributed by atoms with van der Waals surface area (Å²) in [6, 6.07) is 0. The van der Waals surface area contributed by atoms with Crippen LogP contribution in [0.3, 0.4) is 0 Å². The van der Waals surface area contributed by atoms with Crippen molar-refractivity contribution >= 4 is 148 Å². The summed E-state index contributed by atoms with van der Waals surface area (Å²) in [5.41, 5.74) is 0. The standard InChI is InChI=1S/5Na.6H2O/h;;;;;6*1H2. The van der Waals surface area contributed by atoms with Crippen molar-refractivity contribution in [2.75, 3.05) is 0 Å². The summed E-state index contributed by atoms with van der Waals surface area (Å²) in [5.74, 6) is 0. The molecule has 0 fully saturated rings. The molecule has 11 heavy (non-hydrogen) atoms. The molecule has 0 rings (SSSR count). The molecule has 0 saturated carbocycles. The summed E-state index contributed by atoms with van der Waals surface area (Å²) in [7, 11) is 0. The van der Waals surface area contributed by atoms with Gasteiger partial charge in [0.15, 0.2) is 0 Å². The van der Waals surface area contributed by atoms with Gasteiger partial charge in [-0.1, -0.05) is 0 Å². The van der Waals surface area contributed by atoms with E-state index in [1.54, 1.807) is 0 Å². The quantitative estimate of drug-likeness (QED) is 0.353. The minimum atomic E-state index is 0. The van der Waals surface area contributed by atoms with Crippen LogP contribution in [0.15, 0.2) is 0 Å². The fraction of sp³-hybridized carbons (Fsp3) is 0. The molecule has 0 aromatic rings. The predicted molar refractivity (Wildman–Crippen MR) is 50.5 cm³/mol. The van der Waals surface area contributed by atoms with E-state index in [4.69, 9.17) is 0 Å².